The number of piperidine rings is 1. The molecule has 1 saturated heterocycles. The maximum Gasteiger partial charge on any atom is 0.235 e. The quantitative estimate of drug-likeness (QED) is 0.830. The Morgan fingerprint density at radius 1 is 1.35 bits per heavy atom. The number of thiazole rings is 1. The Hall–Kier alpha value is -1.43. The van der Waals surface area contributed by atoms with E-state index in [0.717, 1.165) is 25.9 Å². The molecule has 0 unspecified atom stereocenters. The normalized spacial score (nSPS) is 15.6. The molecule has 0 radical (unpaired) electrons. The Kier molecular flexibility index (Phi) is 4.08. The first-order chi connectivity index (χ1) is 8.25. The smallest absolute Gasteiger partial charge is 0.235 e. The van der Waals surface area contributed by atoms with Crippen molar-refractivity contribution < 1.29 is 9.59 Å². The van der Waals surface area contributed by atoms with E-state index in [1.54, 1.807) is 16.5 Å². The largest absolute Gasteiger partial charge is 0.342 e. The van der Waals surface area contributed by atoms with Crippen LogP contribution in [0.2, 0.25) is 0 Å². The molecule has 1 aromatic heterocycles. The minimum absolute atomic E-state index is 0.0838. The molecule has 2 amide bonds. The number of likely N-dealkylation sites (tertiary alicyclic amines) is 1. The van der Waals surface area contributed by atoms with Crippen LogP contribution in [0.5, 0.6) is 0 Å². The fraction of sp³-hybridized carbons (Fsp3) is 0.545. The lowest BCUT2D eigenvalue weighted by molar-refractivity contribution is -0.135. The van der Waals surface area contributed by atoms with E-state index >= 15 is 0 Å². The molecule has 17 heavy (non-hydrogen) atoms. The van der Waals surface area contributed by atoms with Gasteiger partial charge in [0.1, 0.15) is 6.42 Å². The Balaban J connectivity index is 1.79. The lowest BCUT2D eigenvalue weighted by Crippen LogP contribution is -2.37. The maximum atomic E-state index is 11.8. The zero-order valence-electron chi connectivity index (χ0n) is 9.52. The second-order valence-electron chi connectivity index (χ2n) is 4.00. The summed E-state index contributed by atoms with van der Waals surface area (Å²) in [4.78, 5) is 29.1. The highest BCUT2D eigenvalue weighted by Gasteiger charge is 2.19. The lowest BCUT2D eigenvalue weighted by Gasteiger charge is -2.26. The van der Waals surface area contributed by atoms with Gasteiger partial charge >= 0.3 is 0 Å². The van der Waals surface area contributed by atoms with Gasteiger partial charge < -0.3 is 10.2 Å². The summed E-state index contributed by atoms with van der Waals surface area (Å²) in [5, 5.41) is 4.94. The van der Waals surface area contributed by atoms with E-state index in [9.17, 15) is 9.59 Å². The number of anilines is 1. The molecule has 0 atom stereocenters. The second-order valence-corrected chi connectivity index (χ2v) is 4.90. The number of carbonyl (C=O) groups excluding carboxylic acids is 2. The van der Waals surface area contributed by atoms with Gasteiger partial charge in [0.25, 0.3) is 0 Å². The number of hydrogen-bond donors (Lipinski definition) is 1. The summed E-state index contributed by atoms with van der Waals surface area (Å²) in [6.45, 7) is 1.56. The number of hydrogen-bond acceptors (Lipinski definition) is 4. The van der Waals surface area contributed by atoms with Gasteiger partial charge in [-0.15, -0.1) is 11.3 Å². The third-order valence-corrected chi connectivity index (χ3v) is 3.39. The summed E-state index contributed by atoms with van der Waals surface area (Å²) in [5.74, 6) is -0.366. The number of carbonyl (C=O) groups is 2. The molecular formula is C11H15N3O2S. The van der Waals surface area contributed by atoms with Crippen LogP contribution in [0.3, 0.4) is 0 Å². The Labute approximate surface area is 104 Å². The van der Waals surface area contributed by atoms with Crippen LogP contribution in [0.15, 0.2) is 11.6 Å². The third kappa shape index (κ3) is 3.52. The van der Waals surface area contributed by atoms with Gasteiger partial charge in [-0.2, -0.15) is 0 Å². The molecule has 0 bridgehead atoms. The average Bonchev–Trinajstić information content (AvgIpc) is 2.82. The van der Waals surface area contributed by atoms with Crippen molar-refractivity contribution in [1.82, 2.24) is 9.88 Å². The molecule has 0 saturated carbocycles. The van der Waals surface area contributed by atoms with Gasteiger partial charge in [-0.3, -0.25) is 9.59 Å². The van der Waals surface area contributed by atoms with E-state index in [0.29, 0.717) is 5.13 Å². The van der Waals surface area contributed by atoms with Gasteiger partial charge in [0.05, 0.1) is 0 Å². The molecule has 1 aliphatic rings. The molecule has 2 heterocycles. The first kappa shape index (κ1) is 12.0. The van der Waals surface area contributed by atoms with E-state index in [4.69, 9.17) is 0 Å². The topological polar surface area (TPSA) is 62.3 Å². The summed E-state index contributed by atoms with van der Waals surface area (Å²) in [6, 6.07) is 0. The predicted octanol–water partition coefficient (Wildman–Crippen LogP) is 1.48. The van der Waals surface area contributed by atoms with Crippen molar-refractivity contribution in [1.29, 1.82) is 0 Å². The molecule has 0 spiro atoms. The second kappa shape index (κ2) is 5.77. The Morgan fingerprint density at radius 2 is 2.12 bits per heavy atom. The van der Waals surface area contributed by atoms with Crippen LogP contribution in [-0.2, 0) is 9.59 Å². The molecule has 5 nitrogen and oxygen atoms in total. The predicted molar refractivity (Wildman–Crippen MR) is 65.8 cm³/mol. The Bertz CT molecular complexity index is 385. The summed E-state index contributed by atoms with van der Waals surface area (Å²) >= 11 is 1.35. The molecule has 1 N–H and O–H groups in total. The third-order valence-electron chi connectivity index (χ3n) is 2.70. The van der Waals surface area contributed by atoms with Crippen LogP contribution in [-0.4, -0.2) is 34.8 Å². The average molecular weight is 253 g/mol. The van der Waals surface area contributed by atoms with Gasteiger partial charge in [0.15, 0.2) is 5.13 Å². The monoisotopic (exact) mass is 253 g/mol. The van der Waals surface area contributed by atoms with Crippen LogP contribution >= 0.6 is 11.3 Å². The van der Waals surface area contributed by atoms with Crippen LogP contribution in [0.25, 0.3) is 0 Å². The van der Waals surface area contributed by atoms with Gasteiger partial charge in [-0.1, -0.05) is 0 Å². The molecule has 2 rings (SSSR count). The van der Waals surface area contributed by atoms with Crippen molar-refractivity contribution in [2.75, 3.05) is 18.4 Å². The zero-order valence-corrected chi connectivity index (χ0v) is 10.3. The van der Waals surface area contributed by atoms with E-state index in [-0.39, 0.29) is 18.2 Å². The number of nitrogens with zero attached hydrogens (tertiary/aromatic N) is 2. The lowest BCUT2D eigenvalue weighted by atomic mass is 10.1. The number of rotatable bonds is 3. The molecule has 0 aliphatic carbocycles. The van der Waals surface area contributed by atoms with Gasteiger partial charge in [-0.25, -0.2) is 4.98 Å². The zero-order chi connectivity index (χ0) is 12.1. The van der Waals surface area contributed by atoms with Crippen molar-refractivity contribution in [3.05, 3.63) is 11.6 Å². The van der Waals surface area contributed by atoms with Crippen molar-refractivity contribution in [3.8, 4) is 0 Å². The van der Waals surface area contributed by atoms with Crippen LogP contribution in [0, 0.1) is 0 Å². The highest BCUT2D eigenvalue weighted by Crippen LogP contribution is 2.12. The first-order valence-electron chi connectivity index (χ1n) is 5.73. The van der Waals surface area contributed by atoms with Crippen LogP contribution in [0.4, 0.5) is 5.13 Å². The van der Waals surface area contributed by atoms with Crippen molar-refractivity contribution in [2.24, 2.45) is 0 Å². The minimum atomic E-state index is -0.282. The van der Waals surface area contributed by atoms with Crippen molar-refractivity contribution in [3.63, 3.8) is 0 Å². The summed E-state index contributed by atoms with van der Waals surface area (Å²) in [5.41, 5.74) is 0. The molecule has 1 aliphatic heterocycles. The summed E-state index contributed by atoms with van der Waals surface area (Å²) < 4.78 is 0. The summed E-state index contributed by atoms with van der Waals surface area (Å²) in [6.07, 6.45) is 4.79. The van der Waals surface area contributed by atoms with Crippen LogP contribution in [0.1, 0.15) is 25.7 Å². The molecule has 0 aromatic carbocycles. The van der Waals surface area contributed by atoms with E-state index in [1.807, 2.05) is 0 Å². The summed E-state index contributed by atoms with van der Waals surface area (Å²) in [7, 11) is 0. The maximum absolute atomic E-state index is 11.8. The van der Waals surface area contributed by atoms with Gasteiger partial charge in [0.2, 0.25) is 11.8 Å². The molecule has 1 aromatic rings. The van der Waals surface area contributed by atoms with Crippen molar-refractivity contribution in [2.45, 2.75) is 25.7 Å². The van der Waals surface area contributed by atoms with Crippen LogP contribution < -0.4 is 5.32 Å². The Morgan fingerprint density at radius 3 is 2.76 bits per heavy atom. The SMILES string of the molecule is O=C(CC(=O)N1CCCCC1)Nc1nccs1. The number of aromatic nitrogens is 1. The van der Waals surface area contributed by atoms with E-state index < -0.39 is 0 Å². The minimum Gasteiger partial charge on any atom is -0.342 e. The number of nitrogens with one attached hydrogen (secondary N) is 1. The van der Waals surface area contributed by atoms with Gasteiger partial charge in [0, 0.05) is 24.7 Å². The molecular weight excluding hydrogens is 238 g/mol. The van der Waals surface area contributed by atoms with Gasteiger partial charge in [-0.05, 0) is 19.3 Å². The first-order valence-corrected chi connectivity index (χ1v) is 6.61. The standard InChI is InChI=1S/C11H15N3O2S/c15-9(13-11-12-4-7-17-11)8-10(16)14-5-2-1-3-6-14/h4,7H,1-3,5-6,8H2,(H,12,13,15). The highest BCUT2D eigenvalue weighted by atomic mass is 32.1. The fourth-order valence-electron chi connectivity index (χ4n) is 1.84. The molecule has 92 valence electrons. The van der Waals surface area contributed by atoms with E-state index in [1.165, 1.54) is 17.8 Å². The molecule has 6 heteroatoms. The van der Waals surface area contributed by atoms with Crippen molar-refractivity contribution >= 4 is 28.3 Å². The number of amides is 2. The fourth-order valence-corrected chi connectivity index (χ4v) is 2.39. The molecule has 1 fully saturated rings. The highest BCUT2D eigenvalue weighted by molar-refractivity contribution is 7.13. The van der Waals surface area contributed by atoms with E-state index in [2.05, 4.69) is 10.3 Å².